The molecule has 1 atom stereocenters. The molecule has 1 heterocycles. The molecule has 1 amide bonds. The highest BCUT2D eigenvalue weighted by atomic mass is 32.2. The molecule has 0 saturated carbocycles. The second-order valence-corrected chi connectivity index (χ2v) is 10.3. The van der Waals surface area contributed by atoms with Crippen LogP contribution in [0.2, 0.25) is 0 Å². The third-order valence-corrected chi connectivity index (χ3v) is 8.38. The second kappa shape index (κ2) is 9.08. The van der Waals surface area contributed by atoms with Crippen LogP contribution in [0.25, 0.3) is 11.0 Å². The molecule has 32 heavy (non-hydrogen) atoms. The topological polar surface area (TPSA) is 79.6 Å². The van der Waals surface area contributed by atoms with E-state index in [-0.39, 0.29) is 23.3 Å². The number of rotatable bonds is 8. The van der Waals surface area contributed by atoms with Gasteiger partial charge in [0.2, 0.25) is 15.9 Å². The monoisotopic (exact) mass is 454 g/mol. The largest absolute Gasteiger partial charge is 0.464 e. The lowest BCUT2D eigenvalue weighted by molar-refractivity contribution is -0.121. The number of aryl methyl sites for hydroxylation is 2. The molecule has 1 aliphatic carbocycles. The van der Waals surface area contributed by atoms with E-state index < -0.39 is 10.0 Å². The Bertz CT molecular complexity index is 1220. The van der Waals surface area contributed by atoms with Crippen LogP contribution >= 0.6 is 0 Å². The van der Waals surface area contributed by atoms with Gasteiger partial charge in [-0.15, -0.1) is 0 Å². The van der Waals surface area contributed by atoms with E-state index >= 15 is 0 Å². The first-order valence-electron chi connectivity index (χ1n) is 11.2. The average molecular weight is 455 g/mol. The molecule has 1 aromatic heterocycles. The molecule has 1 N–H and O–H groups in total. The molecule has 3 aromatic rings. The summed E-state index contributed by atoms with van der Waals surface area (Å²) < 4.78 is 32.4. The Hall–Kier alpha value is -2.64. The van der Waals surface area contributed by atoms with Gasteiger partial charge in [0.1, 0.15) is 5.58 Å². The summed E-state index contributed by atoms with van der Waals surface area (Å²) in [5, 5.41) is 4.03. The number of carbonyl (C=O) groups is 1. The van der Waals surface area contributed by atoms with E-state index in [9.17, 15) is 13.2 Å². The predicted octanol–water partition coefficient (Wildman–Crippen LogP) is 4.37. The standard InChI is InChI=1S/C25H30N2O4S/c1-4-27(5-2)32(29,30)22-11-9-18(10-12-22)17(3)26-25(28)15-21-16-31-24-14-20-8-6-7-19(20)13-23(21)24/h9-14,16-17H,4-8,15H2,1-3H3,(H,26,28). The first kappa shape index (κ1) is 22.6. The summed E-state index contributed by atoms with van der Waals surface area (Å²) in [5.41, 5.74) is 5.29. The molecule has 1 aliphatic rings. The number of sulfonamides is 1. The fourth-order valence-electron chi connectivity index (χ4n) is 4.47. The van der Waals surface area contributed by atoms with Crippen molar-refractivity contribution >= 4 is 26.9 Å². The number of nitrogens with zero attached hydrogens (tertiary/aromatic N) is 1. The Morgan fingerprint density at radius 3 is 2.41 bits per heavy atom. The van der Waals surface area contributed by atoms with Crippen molar-refractivity contribution < 1.29 is 17.6 Å². The van der Waals surface area contributed by atoms with E-state index in [1.807, 2.05) is 20.8 Å². The van der Waals surface area contributed by atoms with Gasteiger partial charge in [0, 0.05) is 24.0 Å². The molecule has 7 heteroatoms. The number of amides is 1. The summed E-state index contributed by atoms with van der Waals surface area (Å²) in [6.07, 6.45) is 5.26. The quantitative estimate of drug-likeness (QED) is 0.548. The Kier molecular flexibility index (Phi) is 6.40. The molecule has 0 aliphatic heterocycles. The molecule has 2 aromatic carbocycles. The van der Waals surface area contributed by atoms with Crippen molar-refractivity contribution in [1.29, 1.82) is 0 Å². The van der Waals surface area contributed by atoms with Crippen LogP contribution in [0.3, 0.4) is 0 Å². The van der Waals surface area contributed by atoms with Gasteiger partial charge in [-0.25, -0.2) is 8.42 Å². The normalized spacial score (nSPS) is 14.6. The summed E-state index contributed by atoms with van der Waals surface area (Å²) in [7, 11) is -3.49. The number of furan rings is 1. The predicted molar refractivity (Wildman–Crippen MR) is 125 cm³/mol. The molecule has 4 rings (SSSR count). The highest BCUT2D eigenvalue weighted by Gasteiger charge is 2.22. The number of nitrogens with one attached hydrogen (secondary N) is 1. The minimum Gasteiger partial charge on any atom is -0.464 e. The van der Waals surface area contributed by atoms with Gasteiger partial charge in [0.05, 0.1) is 23.6 Å². The second-order valence-electron chi connectivity index (χ2n) is 8.36. The Balaban J connectivity index is 1.43. The lowest BCUT2D eigenvalue weighted by Crippen LogP contribution is -2.30. The number of benzene rings is 2. The maximum Gasteiger partial charge on any atom is 0.243 e. The summed E-state index contributed by atoms with van der Waals surface area (Å²) in [5.74, 6) is -0.0967. The van der Waals surface area contributed by atoms with E-state index in [0.29, 0.717) is 13.1 Å². The van der Waals surface area contributed by atoms with Crippen LogP contribution in [0.5, 0.6) is 0 Å². The van der Waals surface area contributed by atoms with Crippen LogP contribution in [0.1, 0.15) is 55.5 Å². The summed E-state index contributed by atoms with van der Waals surface area (Å²) in [6, 6.07) is 10.8. The molecule has 1 unspecified atom stereocenters. The van der Waals surface area contributed by atoms with Crippen LogP contribution < -0.4 is 5.32 Å². The molecule has 0 radical (unpaired) electrons. The molecular weight excluding hydrogens is 424 g/mol. The lowest BCUT2D eigenvalue weighted by Gasteiger charge is -2.19. The van der Waals surface area contributed by atoms with Crippen LogP contribution in [0, 0.1) is 0 Å². The summed E-state index contributed by atoms with van der Waals surface area (Å²) in [6.45, 7) is 6.40. The van der Waals surface area contributed by atoms with Gasteiger partial charge in [-0.3, -0.25) is 4.79 Å². The first-order chi connectivity index (χ1) is 15.3. The van der Waals surface area contributed by atoms with Gasteiger partial charge < -0.3 is 9.73 Å². The molecule has 6 nitrogen and oxygen atoms in total. The van der Waals surface area contributed by atoms with E-state index in [1.165, 1.54) is 21.9 Å². The zero-order chi connectivity index (χ0) is 22.9. The third-order valence-electron chi connectivity index (χ3n) is 6.32. The summed E-state index contributed by atoms with van der Waals surface area (Å²) in [4.78, 5) is 13.0. The fourth-order valence-corrected chi connectivity index (χ4v) is 5.93. The highest BCUT2D eigenvalue weighted by molar-refractivity contribution is 7.89. The van der Waals surface area contributed by atoms with Gasteiger partial charge in [-0.1, -0.05) is 26.0 Å². The third kappa shape index (κ3) is 4.32. The highest BCUT2D eigenvalue weighted by Crippen LogP contribution is 2.30. The smallest absolute Gasteiger partial charge is 0.243 e. The van der Waals surface area contributed by atoms with Gasteiger partial charge in [-0.2, -0.15) is 4.31 Å². The number of hydrogen-bond acceptors (Lipinski definition) is 4. The van der Waals surface area contributed by atoms with Crippen LogP contribution in [0.15, 0.2) is 52.0 Å². The van der Waals surface area contributed by atoms with Gasteiger partial charge in [-0.05, 0) is 67.1 Å². The van der Waals surface area contributed by atoms with E-state index in [4.69, 9.17) is 4.42 Å². The molecule has 0 fully saturated rings. The number of carbonyl (C=O) groups excluding carboxylic acids is 1. The zero-order valence-electron chi connectivity index (χ0n) is 18.8. The summed E-state index contributed by atoms with van der Waals surface area (Å²) >= 11 is 0. The minimum absolute atomic E-state index is 0.0967. The minimum atomic E-state index is -3.49. The van der Waals surface area contributed by atoms with Crippen molar-refractivity contribution in [2.45, 2.75) is 57.4 Å². The molecular formula is C25H30N2O4S. The van der Waals surface area contributed by atoms with Crippen LogP contribution in [0.4, 0.5) is 0 Å². The Morgan fingerprint density at radius 1 is 1.09 bits per heavy atom. The first-order valence-corrected chi connectivity index (χ1v) is 12.7. The van der Waals surface area contributed by atoms with Crippen molar-refractivity contribution in [3.8, 4) is 0 Å². The maximum atomic E-state index is 12.7. The lowest BCUT2D eigenvalue weighted by atomic mass is 10.0. The van der Waals surface area contributed by atoms with Gasteiger partial charge in [0.25, 0.3) is 0 Å². The number of hydrogen-bond donors (Lipinski definition) is 1. The van der Waals surface area contributed by atoms with Crippen LogP contribution in [-0.2, 0) is 34.1 Å². The fraction of sp³-hybridized carbons (Fsp3) is 0.400. The van der Waals surface area contributed by atoms with Crippen LogP contribution in [-0.4, -0.2) is 31.7 Å². The van der Waals surface area contributed by atoms with E-state index in [0.717, 1.165) is 34.9 Å². The molecule has 0 bridgehead atoms. The van der Waals surface area contributed by atoms with Crippen molar-refractivity contribution in [2.75, 3.05) is 13.1 Å². The van der Waals surface area contributed by atoms with Gasteiger partial charge in [0.15, 0.2) is 0 Å². The van der Waals surface area contributed by atoms with Gasteiger partial charge >= 0.3 is 0 Å². The van der Waals surface area contributed by atoms with Crippen molar-refractivity contribution in [3.63, 3.8) is 0 Å². The maximum absolute atomic E-state index is 12.7. The van der Waals surface area contributed by atoms with E-state index in [1.54, 1.807) is 30.5 Å². The van der Waals surface area contributed by atoms with Crippen molar-refractivity contribution in [3.05, 3.63) is 64.9 Å². The zero-order valence-corrected chi connectivity index (χ0v) is 19.7. The van der Waals surface area contributed by atoms with Crippen molar-refractivity contribution in [1.82, 2.24) is 9.62 Å². The molecule has 0 saturated heterocycles. The Labute approximate surface area is 189 Å². The average Bonchev–Trinajstić information content (AvgIpc) is 3.39. The number of fused-ring (bicyclic) bond motifs is 2. The SMILES string of the molecule is CCN(CC)S(=O)(=O)c1ccc(C(C)NC(=O)Cc2coc3cc4c(cc23)CCC4)cc1. The van der Waals surface area contributed by atoms with E-state index in [2.05, 4.69) is 17.4 Å². The Morgan fingerprint density at radius 2 is 1.75 bits per heavy atom. The molecule has 170 valence electrons. The van der Waals surface area contributed by atoms with Crippen molar-refractivity contribution in [2.24, 2.45) is 0 Å². The molecule has 0 spiro atoms.